The van der Waals surface area contributed by atoms with Gasteiger partial charge in [0.15, 0.2) is 0 Å². The van der Waals surface area contributed by atoms with E-state index in [0.717, 1.165) is 57.8 Å². The molecule has 0 heterocycles. The topological polar surface area (TPSA) is 127 Å². The van der Waals surface area contributed by atoms with E-state index >= 15 is 0 Å². The second-order valence-corrected chi connectivity index (χ2v) is 10.9. The van der Waals surface area contributed by atoms with Crippen LogP contribution in [0.3, 0.4) is 0 Å². The second-order valence-electron chi connectivity index (χ2n) is 10.9. The third-order valence-electron chi connectivity index (χ3n) is 7.57. The van der Waals surface area contributed by atoms with E-state index in [1.54, 1.807) is 0 Å². The zero-order chi connectivity index (χ0) is 28.4. The first-order chi connectivity index (χ1) is 17.8. The maximum atomic E-state index is 11.2. The zero-order valence-corrected chi connectivity index (χ0v) is 24.7. The highest BCUT2D eigenvalue weighted by Gasteiger charge is 2.41. The summed E-state index contributed by atoms with van der Waals surface area (Å²) in [7, 11) is 0. The summed E-state index contributed by atoms with van der Waals surface area (Å²) in [5.41, 5.74) is -2.17. The number of nitro groups is 2. The van der Waals surface area contributed by atoms with Crippen LogP contribution in [0.5, 0.6) is 0 Å². The largest absolute Gasteiger partial charge is 0.389 e. The van der Waals surface area contributed by atoms with Crippen molar-refractivity contribution in [2.75, 3.05) is 13.2 Å². The molecule has 0 bridgehead atoms. The van der Waals surface area contributed by atoms with Crippen LogP contribution in [-0.2, 0) is 0 Å². The SMILES string of the molecule is CCCCCCC(CO)(CCCC)[N+](=O)[O-].CCCCCCCCCCCCC(CO)(CCC)[N+](=O)[O-]. The molecule has 0 aliphatic carbocycles. The normalized spacial score (nSPS) is 14.3. The molecule has 0 aromatic carbocycles. The summed E-state index contributed by atoms with van der Waals surface area (Å²) >= 11 is 0. The maximum Gasteiger partial charge on any atom is 0.244 e. The first-order valence-electron chi connectivity index (χ1n) is 15.3. The average Bonchev–Trinajstić information content (AvgIpc) is 2.89. The van der Waals surface area contributed by atoms with Gasteiger partial charge in [-0.2, -0.15) is 0 Å². The van der Waals surface area contributed by atoms with Crippen LogP contribution in [0, 0.1) is 20.2 Å². The summed E-state index contributed by atoms with van der Waals surface area (Å²) < 4.78 is 0. The van der Waals surface area contributed by atoms with Crippen molar-refractivity contribution in [2.24, 2.45) is 0 Å². The smallest absolute Gasteiger partial charge is 0.244 e. The van der Waals surface area contributed by atoms with Crippen molar-refractivity contribution in [1.82, 2.24) is 0 Å². The highest BCUT2D eigenvalue weighted by Crippen LogP contribution is 2.26. The van der Waals surface area contributed by atoms with Gasteiger partial charge in [0, 0.05) is 35.5 Å². The Balaban J connectivity index is 0. The lowest BCUT2D eigenvalue weighted by atomic mass is 9.88. The van der Waals surface area contributed by atoms with Gasteiger partial charge in [-0.25, -0.2) is 0 Å². The minimum atomic E-state index is -1.09. The Morgan fingerprint density at radius 1 is 0.459 bits per heavy atom. The average molecular weight is 533 g/mol. The Hall–Kier alpha value is -1.28. The first kappa shape index (κ1) is 37.9. The molecule has 0 fully saturated rings. The van der Waals surface area contributed by atoms with Crippen LogP contribution in [-0.4, -0.2) is 44.4 Å². The lowest BCUT2D eigenvalue weighted by molar-refractivity contribution is -0.576. The summed E-state index contributed by atoms with van der Waals surface area (Å²) in [5, 5.41) is 40.9. The van der Waals surface area contributed by atoms with Gasteiger partial charge >= 0.3 is 0 Å². The second kappa shape index (κ2) is 25.0. The fourth-order valence-electron chi connectivity index (χ4n) is 4.84. The van der Waals surface area contributed by atoms with Gasteiger partial charge in [0.05, 0.1) is 0 Å². The molecule has 0 saturated heterocycles. The predicted octanol–water partition coefficient (Wildman–Crippen LogP) is 8.26. The number of aliphatic hydroxyl groups is 2. The molecule has 8 nitrogen and oxygen atoms in total. The van der Waals surface area contributed by atoms with Gasteiger partial charge in [-0.3, -0.25) is 20.2 Å². The fourth-order valence-corrected chi connectivity index (χ4v) is 4.84. The van der Waals surface area contributed by atoms with E-state index in [1.165, 1.54) is 51.4 Å². The number of unbranched alkanes of at least 4 members (excludes halogenated alkanes) is 13. The van der Waals surface area contributed by atoms with Crippen molar-refractivity contribution in [1.29, 1.82) is 0 Å². The van der Waals surface area contributed by atoms with Gasteiger partial charge < -0.3 is 10.2 Å². The molecule has 0 saturated carbocycles. The van der Waals surface area contributed by atoms with Crippen LogP contribution in [0.25, 0.3) is 0 Å². The van der Waals surface area contributed by atoms with Gasteiger partial charge in [-0.15, -0.1) is 0 Å². The van der Waals surface area contributed by atoms with Crippen LogP contribution in [0.2, 0.25) is 0 Å². The number of hydrogen-bond acceptors (Lipinski definition) is 6. The highest BCUT2D eigenvalue weighted by atomic mass is 16.6. The molecule has 0 aromatic rings. The minimum absolute atomic E-state index is 0.260. The number of rotatable bonds is 25. The van der Waals surface area contributed by atoms with Crippen molar-refractivity contribution in [2.45, 2.75) is 174 Å². The molecule has 0 aliphatic heterocycles. The zero-order valence-electron chi connectivity index (χ0n) is 24.7. The highest BCUT2D eigenvalue weighted by molar-refractivity contribution is 4.79. The molecule has 2 N–H and O–H groups in total. The van der Waals surface area contributed by atoms with E-state index in [1.807, 2.05) is 13.8 Å². The summed E-state index contributed by atoms with van der Waals surface area (Å²) in [5.74, 6) is 0. The molecule has 37 heavy (non-hydrogen) atoms. The summed E-state index contributed by atoms with van der Waals surface area (Å²) in [6, 6.07) is 0. The maximum absolute atomic E-state index is 11.2. The van der Waals surface area contributed by atoms with Gasteiger partial charge in [-0.1, -0.05) is 111 Å². The Morgan fingerprint density at radius 2 is 0.757 bits per heavy atom. The molecule has 0 amide bonds. The quantitative estimate of drug-likeness (QED) is 0.0692. The van der Waals surface area contributed by atoms with Gasteiger partial charge in [0.2, 0.25) is 11.1 Å². The van der Waals surface area contributed by atoms with Crippen LogP contribution in [0.1, 0.15) is 163 Å². The van der Waals surface area contributed by atoms with Crippen molar-refractivity contribution in [3.05, 3.63) is 20.2 Å². The van der Waals surface area contributed by atoms with Crippen LogP contribution in [0.4, 0.5) is 0 Å². The standard InChI is InChI=1S/C17H35NO3.C12H25NO3/c1-3-5-6-7-8-9-10-11-12-13-15-17(16-19,14-4-2)18(20)21;1-3-5-7-8-10-12(11-14,13(15)16)9-6-4-2/h19H,3-16H2,1-2H3;14H,3-11H2,1-2H3. The molecular weight excluding hydrogens is 472 g/mol. The summed E-state index contributed by atoms with van der Waals surface area (Å²) in [6.45, 7) is 7.64. The summed E-state index contributed by atoms with van der Waals surface area (Å²) in [6.07, 6.45) is 20.9. The lowest BCUT2D eigenvalue weighted by Crippen LogP contribution is -2.42. The lowest BCUT2D eigenvalue weighted by Gasteiger charge is -2.23. The third-order valence-corrected chi connectivity index (χ3v) is 7.57. The van der Waals surface area contributed by atoms with Crippen molar-refractivity contribution < 1.29 is 20.1 Å². The molecule has 0 rings (SSSR count). The fraction of sp³-hybridized carbons (Fsp3) is 1.00. The van der Waals surface area contributed by atoms with Gasteiger partial charge in [-0.05, 0) is 25.7 Å². The Kier molecular flexibility index (Phi) is 25.6. The van der Waals surface area contributed by atoms with Gasteiger partial charge in [0.1, 0.15) is 13.2 Å². The molecule has 0 aromatic heterocycles. The molecule has 8 heteroatoms. The van der Waals surface area contributed by atoms with E-state index in [-0.39, 0.29) is 23.1 Å². The summed E-state index contributed by atoms with van der Waals surface area (Å²) in [4.78, 5) is 21.7. The van der Waals surface area contributed by atoms with Crippen molar-refractivity contribution in [3.63, 3.8) is 0 Å². The molecule has 2 atom stereocenters. The number of aliphatic hydroxyl groups excluding tert-OH is 2. The Bertz CT molecular complexity index is 548. The van der Waals surface area contributed by atoms with Gasteiger partial charge in [0.25, 0.3) is 0 Å². The Morgan fingerprint density at radius 3 is 1.08 bits per heavy atom. The van der Waals surface area contributed by atoms with Crippen LogP contribution < -0.4 is 0 Å². The predicted molar refractivity (Wildman–Crippen MR) is 153 cm³/mol. The molecule has 2 unspecified atom stereocenters. The van der Waals surface area contributed by atoms with E-state index in [9.17, 15) is 30.4 Å². The van der Waals surface area contributed by atoms with E-state index in [0.29, 0.717) is 25.7 Å². The first-order valence-corrected chi connectivity index (χ1v) is 15.3. The molecule has 0 radical (unpaired) electrons. The van der Waals surface area contributed by atoms with E-state index < -0.39 is 11.1 Å². The number of nitrogens with zero attached hydrogens (tertiary/aromatic N) is 2. The molecule has 0 spiro atoms. The molecule has 222 valence electrons. The minimum Gasteiger partial charge on any atom is -0.389 e. The van der Waals surface area contributed by atoms with Crippen LogP contribution >= 0.6 is 0 Å². The number of hydrogen-bond donors (Lipinski definition) is 2. The molecule has 0 aliphatic rings. The third kappa shape index (κ3) is 17.8. The van der Waals surface area contributed by atoms with Crippen molar-refractivity contribution >= 4 is 0 Å². The van der Waals surface area contributed by atoms with E-state index in [4.69, 9.17) is 0 Å². The van der Waals surface area contributed by atoms with Crippen molar-refractivity contribution in [3.8, 4) is 0 Å². The molecular formula is C29H60N2O6. The monoisotopic (exact) mass is 532 g/mol. The van der Waals surface area contributed by atoms with E-state index in [2.05, 4.69) is 13.8 Å². The van der Waals surface area contributed by atoms with Crippen LogP contribution in [0.15, 0.2) is 0 Å². The Labute approximate surface area is 227 Å².